The lowest BCUT2D eigenvalue weighted by Gasteiger charge is -2.33. The van der Waals surface area contributed by atoms with Crippen molar-refractivity contribution < 1.29 is 14.3 Å². The first-order valence-corrected chi connectivity index (χ1v) is 10.6. The van der Waals surface area contributed by atoms with E-state index < -0.39 is 0 Å². The van der Waals surface area contributed by atoms with E-state index in [1.165, 1.54) is 16.2 Å². The average Bonchev–Trinajstić information content (AvgIpc) is 3.29. The van der Waals surface area contributed by atoms with Gasteiger partial charge in [0.25, 0.3) is 11.8 Å². The Bertz CT molecular complexity index is 920. The van der Waals surface area contributed by atoms with Crippen molar-refractivity contribution in [3.05, 3.63) is 52.4 Å². The summed E-state index contributed by atoms with van der Waals surface area (Å²) in [6.45, 7) is 6.15. The molecule has 6 heteroatoms. The average molecular weight is 397 g/mol. The first-order chi connectivity index (χ1) is 13.6. The molecule has 146 valence electrons. The first kappa shape index (κ1) is 18.7. The zero-order valence-electron chi connectivity index (χ0n) is 16.2. The predicted molar refractivity (Wildman–Crippen MR) is 111 cm³/mol. The van der Waals surface area contributed by atoms with Crippen LogP contribution in [0.1, 0.15) is 31.6 Å². The van der Waals surface area contributed by atoms with Crippen molar-refractivity contribution in [2.24, 2.45) is 5.92 Å². The molecule has 2 aromatic rings. The fourth-order valence-electron chi connectivity index (χ4n) is 3.99. The summed E-state index contributed by atoms with van der Waals surface area (Å²) >= 11 is 1.49. The highest BCUT2D eigenvalue weighted by Gasteiger charge is 2.44. The lowest BCUT2D eigenvalue weighted by molar-refractivity contribution is -0.120. The van der Waals surface area contributed by atoms with Gasteiger partial charge in [-0.05, 0) is 49.3 Å². The Morgan fingerprint density at radius 3 is 2.68 bits per heavy atom. The second-order valence-electron chi connectivity index (χ2n) is 7.24. The Kier molecular flexibility index (Phi) is 5.22. The number of para-hydroxylation sites is 2. The van der Waals surface area contributed by atoms with E-state index >= 15 is 0 Å². The van der Waals surface area contributed by atoms with Gasteiger partial charge in [0.05, 0.1) is 17.9 Å². The fourth-order valence-corrected chi connectivity index (χ4v) is 4.75. The highest BCUT2D eigenvalue weighted by atomic mass is 32.1. The largest absolute Gasteiger partial charge is 0.492 e. The summed E-state index contributed by atoms with van der Waals surface area (Å²) in [5.41, 5.74) is 1.55. The Balaban J connectivity index is 1.80. The molecule has 0 bridgehead atoms. The lowest BCUT2D eigenvalue weighted by Crippen LogP contribution is -2.39. The first-order valence-electron chi connectivity index (χ1n) is 9.75. The molecule has 1 saturated heterocycles. The molecule has 1 aromatic heterocycles. The molecule has 0 saturated carbocycles. The molecule has 5 nitrogen and oxygen atoms in total. The van der Waals surface area contributed by atoms with Crippen molar-refractivity contribution in [2.45, 2.75) is 26.7 Å². The molecule has 3 heterocycles. The van der Waals surface area contributed by atoms with Gasteiger partial charge in [0.1, 0.15) is 11.4 Å². The lowest BCUT2D eigenvalue weighted by atomic mass is 9.99. The van der Waals surface area contributed by atoms with Gasteiger partial charge in [-0.3, -0.25) is 9.59 Å². The maximum absolute atomic E-state index is 13.5. The van der Waals surface area contributed by atoms with Crippen molar-refractivity contribution in [1.29, 1.82) is 0 Å². The van der Waals surface area contributed by atoms with Gasteiger partial charge in [-0.25, -0.2) is 4.90 Å². The van der Waals surface area contributed by atoms with Gasteiger partial charge in [0, 0.05) is 18.0 Å². The van der Waals surface area contributed by atoms with Gasteiger partial charge in [-0.2, -0.15) is 0 Å². The summed E-state index contributed by atoms with van der Waals surface area (Å²) < 4.78 is 5.69. The highest BCUT2D eigenvalue weighted by molar-refractivity contribution is 7.11. The van der Waals surface area contributed by atoms with Crippen molar-refractivity contribution in [3.63, 3.8) is 0 Å². The fraction of sp³-hybridized carbons (Fsp3) is 0.364. The number of thiophene rings is 1. The van der Waals surface area contributed by atoms with Gasteiger partial charge in [-0.1, -0.05) is 25.1 Å². The van der Waals surface area contributed by atoms with Gasteiger partial charge >= 0.3 is 0 Å². The number of ether oxygens (including phenoxy) is 1. The number of nitrogens with zero attached hydrogens (tertiary/aromatic N) is 2. The van der Waals surface area contributed by atoms with Crippen LogP contribution in [0, 0.1) is 5.92 Å². The summed E-state index contributed by atoms with van der Waals surface area (Å²) in [5, 5.41) is 1.94. The summed E-state index contributed by atoms with van der Waals surface area (Å²) in [5.74, 6) is 0.520. The smallest absolute Gasteiger partial charge is 0.282 e. The standard InChI is InChI=1S/C22H24N2O3S/c1-3-27-17-10-5-4-9-16(17)24-21(25)19(18-11-7-13-28-18)20(22(24)26)23-12-6-8-15(2)14-23/h4-5,7,9-11,13,15H,3,6,8,12,14H2,1-2H3. The number of hydrogen-bond acceptors (Lipinski definition) is 5. The minimum Gasteiger partial charge on any atom is -0.492 e. The van der Waals surface area contributed by atoms with E-state index in [2.05, 4.69) is 11.8 Å². The van der Waals surface area contributed by atoms with Crippen LogP contribution in [-0.2, 0) is 9.59 Å². The van der Waals surface area contributed by atoms with Crippen LogP contribution in [0.2, 0.25) is 0 Å². The van der Waals surface area contributed by atoms with Gasteiger partial charge in [-0.15, -0.1) is 11.3 Å². The van der Waals surface area contributed by atoms with Gasteiger partial charge in [0.15, 0.2) is 0 Å². The van der Waals surface area contributed by atoms with Crippen LogP contribution in [0.3, 0.4) is 0 Å². The van der Waals surface area contributed by atoms with Gasteiger partial charge in [0.2, 0.25) is 0 Å². The normalized spacial score (nSPS) is 20.3. The van der Waals surface area contributed by atoms with Crippen LogP contribution in [0.4, 0.5) is 5.69 Å². The molecule has 1 aromatic carbocycles. The quantitative estimate of drug-likeness (QED) is 0.712. The second-order valence-corrected chi connectivity index (χ2v) is 8.19. The minimum atomic E-state index is -0.271. The number of hydrogen-bond donors (Lipinski definition) is 0. The molecule has 0 spiro atoms. The summed E-state index contributed by atoms with van der Waals surface area (Å²) in [7, 11) is 0. The molecule has 0 radical (unpaired) electrons. The van der Waals surface area contributed by atoms with Crippen molar-refractivity contribution in [1.82, 2.24) is 4.90 Å². The van der Waals surface area contributed by atoms with Crippen LogP contribution in [0.15, 0.2) is 47.5 Å². The number of benzene rings is 1. The number of anilines is 1. The molecule has 2 aliphatic rings. The number of rotatable bonds is 5. The molecule has 2 amide bonds. The van der Waals surface area contributed by atoms with E-state index in [4.69, 9.17) is 4.74 Å². The molecule has 4 rings (SSSR count). The zero-order chi connectivity index (χ0) is 19.7. The Labute approximate surface area is 169 Å². The topological polar surface area (TPSA) is 49.9 Å². The van der Waals surface area contributed by atoms with Crippen LogP contribution >= 0.6 is 11.3 Å². The molecule has 1 atom stereocenters. The third-order valence-electron chi connectivity index (χ3n) is 5.21. The van der Waals surface area contributed by atoms with Crippen LogP contribution in [0.25, 0.3) is 5.57 Å². The van der Waals surface area contributed by atoms with Crippen molar-refractivity contribution >= 4 is 34.4 Å². The molecule has 2 aliphatic heterocycles. The molecular formula is C22H24N2O3S. The molecule has 1 fully saturated rings. The van der Waals surface area contributed by atoms with E-state index in [-0.39, 0.29) is 11.8 Å². The Morgan fingerprint density at radius 1 is 1.14 bits per heavy atom. The third kappa shape index (κ3) is 3.22. The molecule has 0 aliphatic carbocycles. The Morgan fingerprint density at radius 2 is 1.96 bits per heavy atom. The molecule has 0 N–H and O–H groups in total. The SMILES string of the molecule is CCOc1ccccc1N1C(=O)C(c2cccs2)=C(N2CCCC(C)C2)C1=O. The van der Waals surface area contributed by atoms with E-state index in [0.29, 0.717) is 35.2 Å². The maximum Gasteiger partial charge on any atom is 0.282 e. The molecular weight excluding hydrogens is 372 g/mol. The van der Waals surface area contributed by atoms with E-state index in [0.717, 1.165) is 30.8 Å². The van der Waals surface area contributed by atoms with Crippen molar-refractivity contribution in [3.8, 4) is 5.75 Å². The highest BCUT2D eigenvalue weighted by Crippen LogP contribution is 2.40. The van der Waals surface area contributed by atoms with Crippen molar-refractivity contribution in [2.75, 3.05) is 24.6 Å². The maximum atomic E-state index is 13.5. The number of amides is 2. The number of likely N-dealkylation sites (tertiary alicyclic amines) is 1. The number of carbonyl (C=O) groups is 2. The van der Waals surface area contributed by atoms with Crippen LogP contribution < -0.4 is 9.64 Å². The number of carbonyl (C=O) groups excluding carboxylic acids is 2. The second kappa shape index (κ2) is 7.80. The third-order valence-corrected chi connectivity index (χ3v) is 6.09. The van der Waals surface area contributed by atoms with E-state index in [1.807, 2.05) is 36.6 Å². The van der Waals surface area contributed by atoms with Crippen LogP contribution in [0.5, 0.6) is 5.75 Å². The minimum absolute atomic E-state index is 0.255. The van der Waals surface area contributed by atoms with E-state index in [9.17, 15) is 9.59 Å². The number of imide groups is 1. The summed E-state index contributed by atoms with van der Waals surface area (Å²) in [6.07, 6.45) is 2.18. The summed E-state index contributed by atoms with van der Waals surface area (Å²) in [6, 6.07) is 11.1. The van der Waals surface area contributed by atoms with Gasteiger partial charge < -0.3 is 9.64 Å². The number of piperidine rings is 1. The summed E-state index contributed by atoms with van der Waals surface area (Å²) in [4.78, 5) is 31.2. The zero-order valence-corrected chi connectivity index (χ0v) is 17.0. The molecule has 28 heavy (non-hydrogen) atoms. The van der Waals surface area contributed by atoms with Crippen LogP contribution in [-0.4, -0.2) is 36.4 Å². The monoisotopic (exact) mass is 396 g/mol. The molecule has 1 unspecified atom stereocenters. The van der Waals surface area contributed by atoms with E-state index in [1.54, 1.807) is 12.1 Å². The predicted octanol–water partition coefficient (Wildman–Crippen LogP) is 4.16. The Hall–Kier alpha value is -2.60.